The minimum Gasteiger partial charge on any atom is -0.464 e. The van der Waals surface area contributed by atoms with Crippen molar-refractivity contribution in [3.63, 3.8) is 0 Å². The van der Waals surface area contributed by atoms with Crippen LogP contribution in [-0.4, -0.2) is 19.9 Å². The van der Waals surface area contributed by atoms with Crippen LogP contribution in [0.3, 0.4) is 0 Å². The number of fused-ring (bicyclic) bond motifs is 8. The van der Waals surface area contributed by atoms with Gasteiger partial charge in [0.05, 0.1) is 34.6 Å². The van der Waals surface area contributed by atoms with Crippen LogP contribution in [0.1, 0.15) is 22.8 Å². The molecule has 0 aromatic carbocycles. The molecule has 2 N–H and O–H groups in total. The Kier molecular flexibility index (Phi) is 3.40. The molecule has 6 heterocycles. The van der Waals surface area contributed by atoms with Gasteiger partial charge < -0.3 is 14.4 Å². The average molecular weight is 376 g/mol. The van der Waals surface area contributed by atoms with Crippen LogP contribution in [0.4, 0.5) is 0 Å². The van der Waals surface area contributed by atoms with E-state index in [1.807, 2.05) is 54.6 Å². The predicted molar refractivity (Wildman–Crippen MR) is 117 cm³/mol. The molecule has 6 rings (SSSR count). The number of hydrogen-bond acceptors (Lipinski definition) is 3. The molecule has 0 atom stereocenters. The lowest BCUT2D eigenvalue weighted by Gasteiger charge is -1.91. The van der Waals surface area contributed by atoms with Gasteiger partial charge in [0.25, 0.3) is 0 Å². The fourth-order valence-electron chi connectivity index (χ4n) is 3.65. The van der Waals surface area contributed by atoms with Crippen LogP contribution in [0.15, 0.2) is 65.3 Å². The van der Waals surface area contributed by atoms with E-state index in [4.69, 9.17) is 9.40 Å². The number of nitrogens with zero attached hydrogens (tertiary/aromatic N) is 2. The van der Waals surface area contributed by atoms with Crippen LogP contribution in [0.5, 0.6) is 0 Å². The molecule has 0 radical (unpaired) electrons. The molecule has 4 aromatic rings. The lowest BCUT2D eigenvalue weighted by atomic mass is 10.2. The number of furan rings is 1. The second-order valence-corrected chi connectivity index (χ2v) is 7.07. The molecule has 0 saturated carbocycles. The van der Waals surface area contributed by atoms with Crippen LogP contribution < -0.4 is 0 Å². The highest BCUT2D eigenvalue weighted by Gasteiger charge is 2.08. The molecule has 8 bridgehead atoms. The minimum atomic E-state index is 0.817. The zero-order chi connectivity index (χ0) is 19.2. The third kappa shape index (κ3) is 2.99. The van der Waals surface area contributed by atoms with Crippen LogP contribution in [0, 0.1) is 0 Å². The van der Waals surface area contributed by atoms with E-state index >= 15 is 0 Å². The number of hydrogen-bond donors (Lipinski definition) is 2. The molecule has 0 aliphatic carbocycles. The van der Waals surface area contributed by atoms with Crippen molar-refractivity contribution in [2.75, 3.05) is 0 Å². The summed E-state index contributed by atoms with van der Waals surface area (Å²) >= 11 is 0. The largest absolute Gasteiger partial charge is 0.464 e. The minimum absolute atomic E-state index is 0.817. The van der Waals surface area contributed by atoms with E-state index in [1.54, 1.807) is 6.26 Å². The van der Waals surface area contributed by atoms with Gasteiger partial charge in [-0.05, 0) is 78.9 Å². The second kappa shape index (κ2) is 6.21. The van der Waals surface area contributed by atoms with E-state index < -0.39 is 0 Å². The highest BCUT2D eigenvalue weighted by atomic mass is 16.3. The summed E-state index contributed by atoms with van der Waals surface area (Å²) in [6.45, 7) is 0. The predicted octanol–water partition coefficient (Wildman–Crippen LogP) is 5.92. The smallest absolute Gasteiger partial charge is 0.136 e. The zero-order valence-electron chi connectivity index (χ0n) is 15.4. The summed E-state index contributed by atoms with van der Waals surface area (Å²) in [5, 5.41) is 0. The van der Waals surface area contributed by atoms with Crippen molar-refractivity contribution in [3.8, 4) is 11.3 Å². The fourth-order valence-corrected chi connectivity index (χ4v) is 3.65. The number of aromatic nitrogens is 4. The van der Waals surface area contributed by atoms with E-state index in [-0.39, 0.29) is 0 Å². The van der Waals surface area contributed by atoms with Gasteiger partial charge in [-0.3, -0.25) is 0 Å². The monoisotopic (exact) mass is 376 g/mol. The molecule has 2 aliphatic heterocycles. The molecule has 5 nitrogen and oxygen atoms in total. The summed E-state index contributed by atoms with van der Waals surface area (Å²) < 4.78 is 5.65. The first kappa shape index (κ1) is 15.9. The second-order valence-electron chi connectivity index (χ2n) is 7.07. The lowest BCUT2D eigenvalue weighted by molar-refractivity contribution is 0.583. The van der Waals surface area contributed by atoms with Crippen molar-refractivity contribution >= 4 is 46.4 Å². The topological polar surface area (TPSA) is 70.5 Å². The standard InChI is InChI=1S/C24H16N4O/c1-2-24(29-9-1)22-13-21-12-19-6-5-17(26-19)10-15-3-4-16(25-15)11-18-7-8-20(27-18)14-23(22)28-21/h1-14,26,28H. The Balaban J connectivity index is 1.70. The van der Waals surface area contributed by atoms with Gasteiger partial charge in [0.2, 0.25) is 0 Å². The molecular weight excluding hydrogens is 360 g/mol. The Labute approximate surface area is 166 Å². The van der Waals surface area contributed by atoms with Crippen molar-refractivity contribution in [1.29, 1.82) is 0 Å². The van der Waals surface area contributed by atoms with Gasteiger partial charge in [0.15, 0.2) is 0 Å². The van der Waals surface area contributed by atoms with Gasteiger partial charge in [-0.1, -0.05) is 0 Å². The van der Waals surface area contributed by atoms with Gasteiger partial charge in [-0.2, -0.15) is 0 Å². The van der Waals surface area contributed by atoms with Crippen molar-refractivity contribution in [3.05, 3.63) is 83.6 Å². The fraction of sp³-hybridized carbons (Fsp3) is 0. The highest BCUT2D eigenvalue weighted by molar-refractivity contribution is 5.86. The molecule has 2 aliphatic rings. The van der Waals surface area contributed by atoms with Gasteiger partial charge in [-0.25, -0.2) is 9.97 Å². The molecule has 0 fully saturated rings. The summed E-state index contributed by atoms with van der Waals surface area (Å²) in [6.07, 6.45) is 9.71. The molecule has 29 heavy (non-hydrogen) atoms. The third-order valence-corrected chi connectivity index (χ3v) is 4.96. The van der Waals surface area contributed by atoms with Gasteiger partial charge in [0, 0.05) is 22.1 Å². The molecule has 0 saturated heterocycles. The van der Waals surface area contributed by atoms with Crippen LogP contribution in [-0.2, 0) is 0 Å². The first-order valence-electron chi connectivity index (χ1n) is 9.41. The zero-order valence-corrected chi connectivity index (χ0v) is 15.4. The van der Waals surface area contributed by atoms with Crippen LogP contribution >= 0.6 is 0 Å². The highest BCUT2D eigenvalue weighted by Crippen LogP contribution is 2.27. The molecule has 4 aromatic heterocycles. The average Bonchev–Trinajstić information content (AvgIpc) is 3.50. The Morgan fingerprint density at radius 2 is 1.31 bits per heavy atom. The summed E-state index contributed by atoms with van der Waals surface area (Å²) in [5.41, 5.74) is 8.52. The van der Waals surface area contributed by atoms with E-state index in [0.29, 0.717) is 0 Å². The van der Waals surface area contributed by atoms with E-state index in [9.17, 15) is 0 Å². The Hall–Kier alpha value is -4.12. The van der Waals surface area contributed by atoms with Gasteiger partial charge in [-0.15, -0.1) is 0 Å². The quantitative estimate of drug-likeness (QED) is 0.374. The van der Waals surface area contributed by atoms with Crippen molar-refractivity contribution in [2.45, 2.75) is 0 Å². The summed E-state index contributed by atoms with van der Waals surface area (Å²) in [4.78, 5) is 16.3. The first-order chi connectivity index (χ1) is 14.3. The Morgan fingerprint density at radius 1 is 0.621 bits per heavy atom. The van der Waals surface area contributed by atoms with E-state index in [1.165, 1.54) is 0 Å². The maximum absolute atomic E-state index is 5.65. The number of H-pyrrole nitrogens is 2. The van der Waals surface area contributed by atoms with E-state index in [0.717, 1.165) is 56.2 Å². The summed E-state index contributed by atoms with van der Waals surface area (Å²) in [6, 6.07) is 18.2. The molecule has 0 amide bonds. The SMILES string of the molecule is C1=Cc2cc3ccc(cc4cc(-c5ccco5)c(cc5nc(cc1n2)C=C5)[nH]4)[nH]3. The number of nitrogens with one attached hydrogen (secondary N) is 2. The van der Waals surface area contributed by atoms with Crippen LogP contribution in [0.2, 0.25) is 0 Å². The van der Waals surface area contributed by atoms with Crippen molar-refractivity contribution in [1.82, 2.24) is 19.9 Å². The molecular formula is C24H16N4O. The summed E-state index contributed by atoms with van der Waals surface area (Å²) in [5.74, 6) is 0.817. The van der Waals surface area contributed by atoms with Crippen molar-refractivity contribution in [2.24, 2.45) is 0 Å². The number of rotatable bonds is 1. The Bertz CT molecular complexity index is 1450. The molecule has 0 spiro atoms. The molecule has 0 unspecified atom stereocenters. The Morgan fingerprint density at radius 3 is 2.03 bits per heavy atom. The van der Waals surface area contributed by atoms with Gasteiger partial charge >= 0.3 is 0 Å². The lowest BCUT2D eigenvalue weighted by Crippen LogP contribution is -1.78. The van der Waals surface area contributed by atoms with Gasteiger partial charge in [0.1, 0.15) is 5.76 Å². The maximum atomic E-state index is 5.65. The number of aromatic amines is 2. The van der Waals surface area contributed by atoms with E-state index in [2.05, 4.69) is 39.2 Å². The van der Waals surface area contributed by atoms with Crippen molar-refractivity contribution < 1.29 is 4.42 Å². The maximum Gasteiger partial charge on any atom is 0.136 e. The summed E-state index contributed by atoms with van der Waals surface area (Å²) in [7, 11) is 0. The normalized spacial score (nSPS) is 12.6. The molecule has 138 valence electrons. The first-order valence-corrected chi connectivity index (χ1v) is 9.41. The third-order valence-electron chi connectivity index (χ3n) is 4.96. The van der Waals surface area contributed by atoms with Crippen LogP contribution in [0.25, 0.3) is 57.7 Å². The molecule has 5 heteroatoms.